The number of hydrogen-bond acceptors (Lipinski definition) is 15. The van der Waals surface area contributed by atoms with Gasteiger partial charge in [0, 0.05) is 71.4 Å². The molecule has 0 aromatic heterocycles. The first kappa shape index (κ1) is 42.8. The van der Waals surface area contributed by atoms with Gasteiger partial charge in [0.25, 0.3) is 0 Å². The molecule has 1 saturated heterocycles. The van der Waals surface area contributed by atoms with Crippen LogP contribution in [0.25, 0.3) is 0 Å². The number of carbonyl (C=O) groups is 7. The molecule has 2 unspecified atom stereocenters. The molecule has 1 aliphatic carbocycles. The molecule has 3 aliphatic rings. The number of aliphatic hydroxyl groups excluding tert-OH is 3. The minimum Gasteiger partial charge on any atom is -0.505 e. The predicted molar refractivity (Wildman–Crippen MR) is 181 cm³/mol. The predicted octanol–water partition coefficient (Wildman–Crippen LogP) is -3.77. The van der Waals surface area contributed by atoms with Gasteiger partial charge < -0.3 is 51.3 Å². The Labute approximate surface area is 305 Å². The van der Waals surface area contributed by atoms with Gasteiger partial charge >= 0.3 is 23.9 Å². The van der Waals surface area contributed by atoms with Crippen LogP contribution >= 0.6 is 0 Å². The topological polar surface area (TPSA) is 299 Å². The molecule has 298 valence electrons. The van der Waals surface area contributed by atoms with Crippen molar-refractivity contribution in [1.82, 2.24) is 35.6 Å². The van der Waals surface area contributed by atoms with E-state index in [4.69, 9.17) is 0 Å². The van der Waals surface area contributed by atoms with Crippen LogP contribution in [0.3, 0.4) is 0 Å². The second kappa shape index (κ2) is 21.2. The minimum absolute atomic E-state index is 0.0910. The van der Waals surface area contributed by atoms with E-state index >= 15 is 0 Å². The van der Waals surface area contributed by atoms with E-state index in [1.807, 2.05) is 0 Å². The van der Waals surface area contributed by atoms with Crippen molar-refractivity contribution in [3.63, 3.8) is 0 Å². The van der Waals surface area contributed by atoms with E-state index in [1.54, 1.807) is 19.6 Å². The number of aliphatic hydroxyl groups is 3. The molecule has 0 aromatic rings. The molecule has 9 N–H and O–H groups in total. The van der Waals surface area contributed by atoms with Gasteiger partial charge in [-0.25, -0.2) is 4.79 Å². The molecule has 0 spiro atoms. The van der Waals surface area contributed by atoms with E-state index in [0.717, 1.165) is 0 Å². The molecule has 21 heteroatoms. The van der Waals surface area contributed by atoms with Gasteiger partial charge in [-0.05, 0) is 31.6 Å². The molecular weight excluding hydrogens is 706 g/mol. The Kier molecular flexibility index (Phi) is 17.1. The van der Waals surface area contributed by atoms with Crippen LogP contribution in [0.5, 0.6) is 0 Å². The third-order valence-electron chi connectivity index (χ3n) is 9.40. The Morgan fingerprint density at radius 1 is 0.660 bits per heavy atom. The van der Waals surface area contributed by atoms with Gasteiger partial charge in [-0.1, -0.05) is 0 Å². The van der Waals surface area contributed by atoms with Crippen LogP contribution in [0.4, 0.5) is 0 Å². The highest BCUT2D eigenvalue weighted by molar-refractivity contribution is 5.89. The van der Waals surface area contributed by atoms with E-state index in [-0.39, 0.29) is 109 Å². The van der Waals surface area contributed by atoms with Crippen molar-refractivity contribution in [3.8, 4) is 0 Å². The molecule has 2 fully saturated rings. The van der Waals surface area contributed by atoms with E-state index in [0.29, 0.717) is 32.2 Å². The number of carboxylic acid groups (broad SMARTS) is 3. The number of cyclic esters (lactones) is 1. The zero-order chi connectivity index (χ0) is 39.1. The van der Waals surface area contributed by atoms with Gasteiger partial charge in [-0.15, -0.1) is 0 Å². The van der Waals surface area contributed by atoms with Crippen molar-refractivity contribution in [2.24, 2.45) is 11.8 Å². The van der Waals surface area contributed by atoms with Crippen LogP contribution in [-0.4, -0.2) is 202 Å². The van der Waals surface area contributed by atoms with Crippen LogP contribution in [-0.2, 0) is 38.3 Å². The van der Waals surface area contributed by atoms with Crippen molar-refractivity contribution in [2.75, 3.05) is 98.2 Å². The maximum atomic E-state index is 12.9. The number of amides is 3. The van der Waals surface area contributed by atoms with Gasteiger partial charge in [-0.3, -0.25) is 48.4 Å². The lowest BCUT2D eigenvalue weighted by molar-refractivity contribution is -0.147. The summed E-state index contributed by atoms with van der Waals surface area (Å²) in [6.07, 6.45) is -0.615. The van der Waals surface area contributed by atoms with Gasteiger partial charge in [0.15, 0.2) is 11.9 Å². The Hall–Kier alpha value is -4.57. The van der Waals surface area contributed by atoms with Crippen LogP contribution in [0.1, 0.15) is 25.7 Å². The maximum absolute atomic E-state index is 12.9. The summed E-state index contributed by atoms with van der Waals surface area (Å²) >= 11 is 0. The number of nitrogens with zero attached hydrogens (tertiary/aromatic N) is 4. The molecule has 2 heterocycles. The molecule has 21 nitrogen and oxygen atoms in total. The number of esters is 1. The maximum Gasteiger partial charge on any atom is 0.377 e. The first-order chi connectivity index (χ1) is 25.1. The number of carboxylic acids is 3. The van der Waals surface area contributed by atoms with Crippen LogP contribution in [0.15, 0.2) is 11.5 Å². The van der Waals surface area contributed by atoms with Crippen molar-refractivity contribution in [3.05, 3.63) is 11.5 Å². The zero-order valence-corrected chi connectivity index (χ0v) is 29.5. The number of rotatable bonds is 16. The summed E-state index contributed by atoms with van der Waals surface area (Å²) in [6.45, 7) is 0.740. The number of ether oxygens (including phenoxy) is 1. The fraction of sp³-hybridized carbons (Fsp3) is 0.719. The largest absolute Gasteiger partial charge is 0.505 e. The Morgan fingerprint density at radius 3 is 1.53 bits per heavy atom. The molecule has 1 saturated carbocycles. The summed E-state index contributed by atoms with van der Waals surface area (Å²) in [6, 6.07) is 0. The van der Waals surface area contributed by atoms with Gasteiger partial charge in [0.05, 0.1) is 32.7 Å². The fourth-order valence-electron chi connectivity index (χ4n) is 6.36. The summed E-state index contributed by atoms with van der Waals surface area (Å²) in [5.41, 5.74) is 0. The van der Waals surface area contributed by atoms with Crippen molar-refractivity contribution in [2.45, 2.75) is 37.9 Å². The highest BCUT2D eigenvalue weighted by Gasteiger charge is 2.39. The van der Waals surface area contributed by atoms with Crippen LogP contribution in [0, 0.1) is 11.8 Å². The summed E-state index contributed by atoms with van der Waals surface area (Å²) in [5, 5.41) is 65.3. The Balaban J connectivity index is 1.41. The Morgan fingerprint density at radius 2 is 1.11 bits per heavy atom. The SMILES string of the molecule is O=C(O)CN1CCN(CC(=O)O)CCN(CC(=O)NCC(=O)NCC2CCC(C(=O)NCC(O)C3OC(=O)C(O)=C3O)CC2)CCN(CC(=O)O)CC1. The van der Waals surface area contributed by atoms with Gasteiger partial charge in [0.1, 0.15) is 6.10 Å². The summed E-state index contributed by atoms with van der Waals surface area (Å²) in [5.74, 6) is -7.57. The van der Waals surface area contributed by atoms with Gasteiger partial charge in [-0.2, -0.15) is 0 Å². The lowest BCUT2D eigenvalue weighted by Crippen LogP contribution is -2.50. The highest BCUT2D eigenvalue weighted by Crippen LogP contribution is 2.28. The summed E-state index contributed by atoms with van der Waals surface area (Å²) in [4.78, 5) is 90.3. The average molecular weight is 758 g/mol. The van der Waals surface area contributed by atoms with E-state index in [1.165, 1.54) is 0 Å². The fourth-order valence-corrected chi connectivity index (χ4v) is 6.36. The third-order valence-corrected chi connectivity index (χ3v) is 9.40. The van der Waals surface area contributed by atoms with Crippen LogP contribution in [0.2, 0.25) is 0 Å². The van der Waals surface area contributed by atoms with E-state index in [9.17, 15) is 64.2 Å². The first-order valence-electron chi connectivity index (χ1n) is 17.5. The molecule has 0 aromatic carbocycles. The lowest BCUT2D eigenvalue weighted by atomic mass is 9.81. The quantitative estimate of drug-likeness (QED) is 0.0683. The van der Waals surface area contributed by atoms with Crippen molar-refractivity contribution < 1.29 is 68.9 Å². The monoisotopic (exact) mass is 757 g/mol. The third kappa shape index (κ3) is 15.1. The molecule has 0 bridgehead atoms. The first-order valence-corrected chi connectivity index (χ1v) is 17.5. The smallest absolute Gasteiger partial charge is 0.377 e. The number of hydrogen-bond donors (Lipinski definition) is 9. The molecule has 2 atom stereocenters. The molecule has 2 aliphatic heterocycles. The molecule has 0 radical (unpaired) electrons. The van der Waals surface area contributed by atoms with E-state index < -0.39 is 59.4 Å². The number of nitrogens with one attached hydrogen (secondary N) is 3. The average Bonchev–Trinajstić information content (AvgIpc) is 3.36. The highest BCUT2D eigenvalue weighted by atomic mass is 16.6. The second-order valence-corrected chi connectivity index (χ2v) is 13.5. The van der Waals surface area contributed by atoms with Crippen molar-refractivity contribution >= 4 is 41.6 Å². The molecular formula is C32H51N7O14. The van der Waals surface area contributed by atoms with Gasteiger partial charge in [0.2, 0.25) is 23.5 Å². The molecule has 3 rings (SSSR count). The standard InChI is InChI=1S/C32H51N7O14/c40-22(30-28(49)29(50)32(52)53-30)14-35-31(51)21-3-1-20(2-4-21)13-33-23(41)15-34-24(42)16-36-5-7-37(17-25(43)44)9-11-39(19-27(47)48)12-10-38(8-6-36)18-26(45)46/h20-22,30,40,49-50H,1-19H2,(H,33,41)(H,34,42)(H,35,51)(H,43,44)(H,45,46)(H,47,48). The molecule has 3 amide bonds. The van der Waals surface area contributed by atoms with Crippen LogP contribution < -0.4 is 16.0 Å². The zero-order valence-electron chi connectivity index (χ0n) is 29.5. The second-order valence-electron chi connectivity index (χ2n) is 13.5. The lowest BCUT2D eigenvalue weighted by Gasteiger charge is -2.32. The normalized spacial score (nSPS) is 23.6. The van der Waals surface area contributed by atoms with E-state index in [2.05, 4.69) is 20.7 Å². The number of aliphatic carboxylic acids is 3. The summed E-state index contributed by atoms with van der Waals surface area (Å²) < 4.78 is 4.69. The van der Waals surface area contributed by atoms with Crippen molar-refractivity contribution in [1.29, 1.82) is 0 Å². The molecule has 53 heavy (non-hydrogen) atoms. The summed E-state index contributed by atoms with van der Waals surface area (Å²) in [7, 11) is 0. The Bertz CT molecular complexity index is 1320. The minimum atomic E-state index is -1.47. The number of carbonyl (C=O) groups excluding carboxylic acids is 4.